The lowest BCUT2D eigenvalue weighted by molar-refractivity contribution is 0.630. The van der Waals surface area contributed by atoms with Crippen LogP contribution in [0.3, 0.4) is 0 Å². The van der Waals surface area contributed by atoms with Gasteiger partial charge in [0, 0.05) is 12.2 Å². The first-order valence-electron chi connectivity index (χ1n) is 5.08. The number of hydrogen-bond donors (Lipinski definition) is 2. The summed E-state index contributed by atoms with van der Waals surface area (Å²) in [4.78, 5) is 0. The Morgan fingerprint density at radius 1 is 1.06 bits per heavy atom. The molecule has 0 aliphatic rings. The zero-order valence-electron chi connectivity index (χ0n) is 8.78. The second-order valence-electron chi connectivity index (χ2n) is 3.58. The van der Waals surface area contributed by atoms with Gasteiger partial charge in [-0.3, -0.25) is 0 Å². The number of halogens is 1. The van der Waals surface area contributed by atoms with Crippen molar-refractivity contribution in [2.24, 2.45) is 0 Å². The first kappa shape index (κ1) is 10.5. The van der Waals surface area contributed by atoms with E-state index in [1.165, 1.54) is 6.07 Å². The predicted molar refractivity (Wildman–Crippen MR) is 64.6 cm³/mol. The Kier molecular flexibility index (Phi) is 3.05. The van der Waals surface area contributed by atoms with Gasteiger partial charge >= 0.3 is 0 Å². The molecular weight excluding hydrogens is 203 g/mol. The summed E-state index contributed by atoms with van der Waals surface area (Å²) < 4.78 is 13.4. The fourth-order valence-corrected chi connectivity index (χ4v) is 1.47. The minimum absolute atomic E-state index is 0.287. The van der Waals surface area contributed by atoms with Crippen LogP contribution in [0.5, 0.6) is 0 Å². The van der Waals surface area contributed by atoms with Gasteiger partial charge in [-0.25, -0.2) is 4.39 Å². The highest BCUT2D eigenvalue weighted by Crippen LogP contribution is 2.18. The van der Waals surface area contributed by atoms with Gasteiger partial charge in [0.15, 0.2) is 0 Å². The zero-order chi connectivity index (χ0) is 11.4. The van der Waals surface area contributed by atoms with Crippen LogP contribution in [0.2, 0.25) is 0 Å². The SMILES string of the molecule is Nc1ccc(F)c(NCc2ccccc2)c1. The monoisotopic (exact) mass is 216 g/mol. The normalized spacial score (nSPS) is 10.1. The third-order valence-electron chi connectivity index (χ3n) is 2.32. The molecule has 0 bridgehead atoms. The summed E-state index contributed by atoms with van der Waals surface area (Å²) in [5, 5.41) is 3.02. The number of hydrogen-bond acceptors (Lipinski definition) is 2. The van der Waals surface area contributed by atoms with Crippen LogP contribution in [0.4, 0.5) is 15.8 Å². The van der Waals surface area contributed by atoms with E-state index in [4.69, 9.17) is 5.73 Å². The molecule has 2 aromatic carbocycles. The van der Waals surface area contributed by atoms with E-state index in [1.54, 1.807) is 12.1 Å². The molecular formula is C13H13FN2. The summed E-state index contributed by atoms with van der Waals surface area (Å²) in [5.74, 6) is -0.287. The lowest BCUT2D eigenvalue weighted by Gasteiger charge is -2.08. The molecule has 82 valence electrons. The second kappa shape index (κ2) is 4.66. The molecule has 3 heteroatoms. The van der Waals surface area contributed by atoms with E-state index in [-0.39, 0.29) is 5.82 Å². The Bertz CT molecular complexity index is 469. The summed E-state index contributed by atoms with van der Waals surface area (Å²) in [6, 6.07) is 14.3. The van der Waals surface area contributed by atoms with Crippen LogP contribution in [-0.4, -0.2) is 0 Å². The van der Waals surface area contributed by atoms with Gasteiger partial charge in [-0.05, 0) is 23.8 Å². The van der Waals surface area contributed by atoms with E-state index in [0.717, 1.165) is 5.56 Å². The average Bonchev–Trinajstić information content (AvgIpc) is 2.32. The predicted octanol–water partition coefficient (Wildman–Crippen LogP) is 3.02. The molecule has 2 nitrogen and oxygen atoms in total. The molecule has 0 aromatic heterocycles. The molecule has 0 spiro atoms. The number of anilines is 2. The van der Waals surface area contributed by atoms with Crippen molar-refractivity contribution in [2.45, 2.75) is 6.54 Å². The van der Waals surface area contributed by atoms with Crippen molar-refractivity contribution in [3.63, 3.8) is 0 Å². The van der Waals surface area contributed by atoms with Gasteiger partial charge in [0.05, 0.1) is 5.69 Å². The number of rotatable bonds is 3. The van der Waals surface area contributed by atoms with Gasteiger partial charge in [0.1, 0.15) is 5.82 Å². The number of nitrogens with two attached hydrogens (primary N) is 1. The number of nitrogens with one attached hydrogen (secondary N) is 1. The molecule has 2 aromatic rings. The molecule has 0 heterocycles. The Morgan fingerprint density at radius 2 is 1.81 bits per heavy atom. The van der Waals surface area contributed by atoms with Crippen LogP contribution in [0.25, 0.3) is 0 Å². The Labute approximate surface area is 93.9 Å². The average molecular weight is 216 g/mol. The van der Waals surface area contributed by atoms with Crippen LogP contribution >= 0.6 is 0 Å². The van der Waals surface area contributed by atoms with Gasteiger partial charge in [-0.15, -0.1) is 0 Å². The van der Waals surface area contributed by atoms with Crippen molar-refractivity contribution >= 4 is 11.4 Å². The first-order chi connectivity index (χ1) is 7.75. The van der Waals surface area contributed by atoms with Gasteiger partial charge in [-0.2, -0.15) is 0 Å². The van der Waals surface area contributed by atoms with Crippen molar-refractivity contribution in [1.82, 2.24) is 0 Å². The van der Waals surface area contributed by atoms with Crippen molar-refractivity contribution in [3.8, 4) is 0 Å². The molecule has 0 aliphatic carbocycles. The lowest BCUT2D eigenvalue weighted by atomic mass is 10.2. The quantitative estimate of drug-likeness (QED) is 0.774. The fraction of sp³-hybridized carbons (Fsp3) is 0.0769. The maximum absolute atomic E-state index is 13.4. The molecule has 0 unspecified atom stereocenters. The van der Waals surface area contributed by atoms with E-state index < -0.39 is 0 Å². The summed E-state index contributed by atoms with van der Waals surface area (Å²) in [5.41, 5.74) is 7.68. The Balaban J connectivity index is 2.08. The highest BCUT2D eigenvalue weighted by molar-refractivity contribution is 5.55. The summed E-state index contributed by atoms with van der Waals surface area (Å²) in [6.45, 7) is 0.585. The molecule has 16 heavy (non-hydrogen) atoms. The van der Waals surface area contributed by atoms with E-state index in [9.17, 15) is 4.39 Å². The molecule has 2 rings (SSSR count). The largest absolute Gasteiger partial charge is 0.399 e. The van der Waals surface area contributed by atoms with Crippen molar-refractivity contribution in [2.75, 3.05) is 11.1 Å². The summed E-state index contributed by atoms with van der Waals surface area (Å²) in [6.07, 6.45) is 0. The third-order valence-corrected chi connectivity index (χ3v) is 2.32. The maximum Gasteiger partial charge on any atom is 0.146 e. The van der Waals surface area contributed by atoms with Crippen LogP contribution in [-0.2, 0) is 6.54 Å². The third kappa shape index (κ3) is 2.51. The van der Waals surface area contributed by atoms with Gasteiger partial charge in [0.25, 0.3) is 0 Å². The van der Waals surface area contributed by atoms with Gasteiger partial charge in [-0.1, -0.05) is 30.3 Å². The molecule has 0 atom stereocenters. The van der Waals surface area contributed by atoms with Crippen LogP contribution < -0.4 is 11.1 Å². The Hall–Kier alpha value is -2.03. The molecule has 0 aliphatic heterocycles. The van der Waals surface area contributed by atoms with Crippen molar-refractivity contribution < 1.29 is 4.39 Å². The van der Waals surface area contributed by atoms with Crippen LogP contribution in [0.15, 0.2) is 48.5 Å². The van der Waals surface area contributed by atoms with Gasteiger partial charge < -0.3 is 11.1 Å². The molecule has 3 N–H and O–H groups in total. The molecule has 0 fully saturated rings. The number of nitrogen functional groups attached to an aromatic ring is 1. The number of benzene rings is 2. The van der Waals surface area contributed by atoms with E-state index >= 15 is 0 Å². The Morgan fingerprint density at radius 3 is 2.56 bits per heavy atom. The van der Waals surface area contributed by atoms with E-state index in [2.05, 4.69) is 5.32 Å². The van der Waals surface area contributed by atoms with E-state index in [0.29, 0.717) is 17.9 Å². The second-order valence-corrected chi connectivity index (χ2v) is 3.58. The highest BCUT2D eigenvalue weighted by Gasteiger charge is 2.01. The summed E-state index contributed by atoms with van der Waals surface area (Å²) >= 11 is 0. The van der Waals surface area contributed by atoms with Crippen LogP contribution in [0, 0.1) is 5.82 Å². The maximum atomic E-state index is 13.4. The van der Waals surface area contributed by atoms with Crippen molar-refractivity contribution in [1.29, 1.82) is 0 Å². The smallest absolute Gasteiger partial charge is 0.146 e. The fourth-order valence-electron chi connectivity index (χ4n) is 1.47. The van der Waals surface area contributed by atoms with E-state index in [1.807, 2.05) is 30.3 Å². The molecule has 0 saturated carbocycles. The standard InChI is InChI=1S/C13H13FN2/c14-12-7-6-11(15)8-13(12)16-9-10-4-2-1-3-5-10/h1-8,16H,9,15H2. The minimum atomic E-state index is -0.287. The molecule has 0 amide bonds. The highest BCUT2D eigenvalue weighted by atomic mass is 19.1. The minimum Gasteiger partial charge on any atom is -0.399 e. The molecule has 0 saturated heterocycles. The van der Waals surface area contributed by atoms with Gasteiger partial charge in [0.2, 0.25) is 0 Å². The molecule has 0 radical (unpaired) electrons. The zero-order valence-corrected chi connectivity index (χ0v) is 8.78. The summed E-state index contributed by atoms with van der Waals surface area (Å²) in [7, 11) is 0. The van der Waals surface area contributed by atoms with Crippen molar-refractivity contribution in [3.05, 3.63) is 59.9 Å². The van der Waals surface area contributed by atoms with Crippen LogP contribution in [0.1, 0.15) is 5.56 Å². The first-order valence-corrected chi connectivity index (χ1v) is 5.08. The topological polar surface area (TPSA) is 38.0 Å². The lowest BCUT2D eigenvalue weighted by Crippen LogP contribution is -2.02.